The molecular weight excluding hydrogens is 472 g/mol. The van der Waals surface area contributed by atoms with E-state index < -0.39 is 0 Å². The van der Waals surface area contributed by atoms with Crippen LogP contribution in [0.15, 0.2) is 82.2 Å². The van der Waals surface area contributed by atoms with Crippen LogP contribution in [0.4, 0.5) is 5.69 Å². The van der Waals surface area contributed by atoms with Crippen LogP contribution in [-0.2, 0) is 17.8 Å². The highest BCUT2D eigenvalue weighted by atomic mass is 79.9. The van der Waals surface area contributed by atoms with Gasteiger partial charge in [-0.05, 0) is 54.0 Å². The van der Waals surface area contributed by atoms with E-state index >= 15 is 0 Å². The SMILES string of the molecule is CCc1ccc(N[C@@H]2NC(=O)/C(=C/c3ccccc3OCc3ccc(Br)cc3)S2)cc1. The Balaban J connectivity index is 1.44. The zero-order valence-electron chi connectivity index (χ0n) is 17.1. The van der Waals surface area contributed by atoms with Crippen LogP contribution in [-0.4, -0.2) is 11.4 Å². The number of hydrogen-bond donors (Lipinski definition) is 2. The van der Waals surface area contributed by atoms with Crippen LogP contribution in [0.1, 0.15) is 23.6 Å². The second-order valence-electron chi connectivity index (χ2n) is 7.13. The average molecular weight is 495 g/mol. The summed E-state index contributed by atoms with van der Waals surface area (Å²) >= 11 is 4.92. The smallest absolute Gasteiger partial charge is 0.260 e. The lowest BCUT2D eigenvalue weighted by Gasteiger charge is -2.13. The van der Waals surface area contributed by atoms with E-state index in [2.05, 4.69) is 45.6 Å². The van der Waals surface area contributed by atoms with Crippen molar-refractivity contribution in [2.75, 3.05) is 5.32 Å². The lowest BCUT2D eigenvalue weighted by Crippen LogP contribution is -2.30. The monoisotopic (exact) mass is 494 g/mol. The Morgan fingerprint density at radius 3 is 2.48 bits per heavy atom. The van der Waals surface area contributed by atoms with Crippen LogP contribution < -0.4 is 15.4 Å². The second-order valence-corrected chi connectivity index (χ2v) is 9.19. The van der Waals surface area contributed by atoms with Gasteiger partial charge in [0.2, 0.25) is 0 Å². The first-order valence-electron chi connectivity index (χ1n) is 10.1. The van der Waals surface area contributed by atoms with Gasteiger partial charge in [-0.15, -0.1) is 0 Å². The number of rotatable bonds is 7. The Morgan fingerprint density at radius 2 is 1.74 bits per heavy atom. The van der Waals surface area contributed by atoms with Gasteiger partial charge in [-0.1, -0.05) is 77.1 Å². The first-order valence-corrected chi connectivity index (χ1v) is 11.8. The van der Waals surface area contributed by atoms with E-state index in [1.54, 1.807) is 0 Å². The number of halogens is 1. The topological polar surface area (TPSA) is 50.4 Å². The second kappa shape index (κ2) is 10.1. The average Bonchev–Trinajstić information content (AvgIpc) is 3.13. The molecule has 3 aromatic rings. The van der Waals surface area contributed by atoms with E-state index in [-0.39, 0.29) is 11.4 Å². The minimum absolute atomic E-state index is 0.0876. The third-order valence-corrected chi connectivity index (χ3v) is 6.46. The van der Waals surface area contributed by atoms with E-state index in [0.29, 0.717) is 11.5 Å². The van der Waals surface area contributed by atoms with Crippen LogP contribution in [0.2, 0.25) is 0 Å². The van der Waals surface area contributed by atoms with Gasteiger partial charge in [0, 0.05) is 15.7 Å². The molecular formula is C25H23BrN2O2S. The fourth-order valence-corrected chi connectivity index (χ4v) is 4.41. The van der Waals surface area contributed by atoms with Crippen LogP contribution >= 0.6 is 27.7 Å². The normalized spacial score (nSPS) is 16.9. The Hall–Kier alpha value is -2.70. The molecule has 1 amide bonds. The van der Waals surface area contributed by atoms with Crippen molar-refractivity contribution in [3.63, 3.8) is 0 Å². The number of ether oxygens (including phenoxy) is 1. The quantitative estimate of drug-likeness (QED) is 0.384. The summed E-state index contributed by atoms with van der Waals surface area (Å²) in [6, 6.07) is 24.1. The van der Waals surface area contributed by atoms with Crippen LogP contribution in [0, 0.1) is 0 Å². The summed E-state index contributed by atoms with van der Waals surface area (Å²) < 4.78 is 7.07. The van der Waals surface area contributed by atoms with Crippen LogP contribution in [0.3, 0.4) is 0 Å². The molecule has 1 aliphatic rings. The van der Waals surface area contributed by atoms with Gasteiger partial charge in [-0.25, -0.2) is 0 Å². The fourth-order valence-electron chi connectivity index (χ4n) is 3.17. The molecule has 4 nitrogen and oxygen atoms in total. The maximum absolute atomic E-state index is 12.5. The highest BCUT2D eigenvalue weighted by Gasteiger charge is 2.27. The number of para-hydroxylation sites is 1. The Bertz CT molecular complexity index is 1080. The van der Waals surface area contributed by atoms with Crippen molar-refractivity contribution in [2.24, 2.45) is 0 Å². The van der Waals surface area contributed by atoms with Gasteiger partial charge in [0.25, 0.3) is 5.91 Å². The molecule has 1 saturated heterocycles. The van der Waals surface area contributed by atoms with E-state index in [9.17, 15) is 4.79 Å². The first kappa shape index (κ1) is 21.5. The summed E-state index contributed by atoms with van der Waals surface area (Å²) in [5, 5.41) is 6.34. The zero-order chi connectivity index (χ0) is 21.6. The molecule has 1 aliphatic heterocycles. The summed E-state index contributed by atoms with van der Waals surface area (Å²) in [6.45, 7) is 2.59. The Labute approximate surface area is 195 Å². The van der Waals surface area contributed by atoms with Gasteiger partial charge >= 0.3 is 0 Å². The zero-order valence-corrected chi connectivity index (χ0v) is 19.5. The molecule has 1 heterocycles. The molecule has 1 fully saturated rings. The van der Waals surface area contributed by atoms with Crippen molar-refractivity contribution in [3.05, 3.63) is 98.9 Å². The van der Waals surface area contributed by atoms with E-state index in [4.69, 9.17) is 4.74 Å². The lowest BCUT2D eigenvalue weighted by molar-refractivity contribution is -0.116. The molecule has 1 atom stereocenters. The van der Waals surface area contributed by atoms with Crippen LogP contribution in [0.5, 0.6) is 5.75 Å². The molecule has 158 valence electrons. The number of carbonyl (C=O) groups excluding carboxylic acids is 1. The molecule has 0 saturated carbocycles. The number of aryl methyl sites for hydroxylation is 1. The third kappa shape index (κ3) is 5.71. The Kier molecular flexibility index (Phi) is 6.99. The number of carbonyl (C=O) groups is 1. The maximum Gasteiger partial charge on any atom is 0.260 e. The fraction of sp³-hybridized carbons (Fsp3) is 0.160. The highest BCUT2D eigenvalue weighted by molar-refractivity contribution is 9.10. The number of benzene rings is 3. The first-order chi connectivity index (χ1) is 15.1. The van der Waals surface area contributed by atoms with E-state index in [1.807, 2.05) is 66.7 Å². The molecule has 4 rings (SSSR count). The number of nitrogens with one attached hydrogen (secondary N) is 2. The molecule has 0 spiro atoms. The third-order valence-electron chi connectivity index (χ3n) is 4.90. The van der Waals surface area contributed by atoms with Gasteiger partial charge in [0.05, 0.1) is 4.91 Å². The summed E-state index contributed by atoms with van der Waals surface area (Å²) in [5.41, 5.74) is 4.02. The maximum atomic E-state index is 12.5. The molecule has 2 N–H and O–H groups in total. The largest absolute Gasteiger partial charge is 0.488 e. The van der Waals surface area contributed by atoms with E-state index in [0.717, 1.165) is 33.5 Å². The number of amides is 1. The van der Waals surface area contributed by atoms with Crippen molar-refractivity contribution in [1.29, 1.82) is 0 Å². The van der Waals surface area contributed by atoms with E-state index in [1.165, 1.54) is 17.3 Å². The molecule has 0 unspecified atom stereocenters. The van der Waals surface area contributed by atoms with Gasteiger partial charge < -0.3 is 15.4 Å². The summed E-state index contributed by atoms with van der Waals surface area (Å²) in [5.74, 6) is 0.660. The molecule has 31 heavy (non-hydrogen) atoms. The predicted octanol–water partition coefficient (Wildman–Crippen LogP) is 6.19. The van der Waals surface area contributed by atoms with Crippen LogP contribution in [0.25, 0.3) is 6.08 Å². The Morgan fingerprint density at radius 1 is 1.03 bits per heavy atom. The van der Waals surface area contributed by atoms with Crippen molar-refractivity contribution in [3.8, 4) is 5.75 Å². The predicted molar refractivity (Wildman–Crippen MR) is 132 cm³/mol. The van der Waals surface area contributed by atoms with Crippen molar-refractivity contribution in [1.82, 2.24) is 5.32 Å². The van der Waals surface area contributed by atoms with Gasteiger partial charge in [0.1, 0.15) is 12.4 Å². The highest BCUT2D eigenvalue weighted by Crippen LogP contribution is 2.32. The van der Waals surface area contributed by atoms with Crippen molar-refractivity contribution >= 4 is 45.4 Å². The number of hydrogen-bond acceptors (Lipinski definition) is 4. The van der Waals surface area contributed by atoms with Gasteiger partial charge in [-0.2, -0.15) is 0 Å². The van der Waals surface area contributed by atoms with Gasteiger partial charge in [-0.3, -0.25) is 4.79 Å². The van der Waals surface area contributed by atoms with Gasteiger partial charge in [0.15, 0.2) is 5.50 Å². The summed E-state index contributed by atoms with van der Waals surface area (Å²) in [7, 11) is 0. The molecule has 0 aliphatic carbocycles. The summed E-state index contributed by atoms with van der Waals surface area (Å²) in [4.78, 5) is 13.2. The minimum Gasteiger partial charge on any atom is -0.488 e. The number of anilines is 1. The molecule has 0 bridgehead atoms. The number of thioether (sulfide) groups is 1. The molecule has 0 radical (unpaired) electrons. The molecule has 6 heteroatoms. The molecule has 0 aromatic heterocycles. The van der Waals surface area contributed by atoms with Crippen molar-refractivity contribution < 1.29 is 9.53 Å². The standard InChI is InChI=1S/C25H23BrN2O2S/c1-2-17-9-13-21(14-10-17)27-25-28-24(29)23(31-25)15-19-5-3-4-6-22(19)30-16-18-7-11-20(26)12-8-18/h3-15,25,27H,2,16H2,1H3,(H,28,29)/b23-15-/t25-/m1/s1. The molecule has 3 aromatic carbocycles. The minimum atomic E-state index is -0.206. The summed E-state index contributed by atoms with van der Waals surface area (Å²) in [6.07, 6.45) is 2.89. The van der Waals surface area contributed by atoms with Crippen molar-refractivity contribution in [2.45, 2.75) is 25.4 Å². The lowest BCUT2D eigenvalue weighted by atomic mass is 10.1.